The summed E-state index contributed by atoms with van der Waals surface area (Å²) in [7, 11) is 1.91. The first-order valence-electron chi connectivity index (χ1n) is 7.11. The van der Waals surface area contributed by atoms with Crippen LogP contribution in [-0.2, 0) is 0 Å². The molecular weight excluding hydrogens is 260 g/mol. The van der Waals surface area contributed by atoms with E-state index in [1.807, 2.05) is 43.4 Å². The lowest BCUT2D eigenvalue weighted by Gasteiger charge is -2.10. The minimum atomic E-state index is 0.607. The van der Waals surface area contributed by atoms with Crippen LogP contribution in [0.3, 0.4) is 0 Å². The fourth-order valence-electron chi connectivity index (χ4n) is 2.32. The number of pyridine rings is 1. The summed E-state index contributed by atoms with van der Waals surface area (Å²) in [5.41, 5.74) is 2.07. The summed E-state index contributed by atoms with van der Waals surface area (Å²) in [6.07, 6.45) is 0. The summed E-state index contributed by atoms with van der Waals surface area (Å²) in [4.78, 5) is 4.69. The van der Waals surface area contributed by atoms with Crippen molar-refractivity contribution in [3.05, 3.63) is 60.7 Å². The Morgan fingerprint density at radius 3 is 2.57 bits per heavy atom. The molecule has 0 radical (unpaired) electrons. The Morgan fingerprint density at radius 2 is 1.76 bits per heavy atom. The summed E-state index contributed by atoms with van der Waals surface area (Å²) in [5, 5.41) is 5.36. The van der Waals surface area contributed by atoms with Gasteiger partial charge in [0.15, 0.2) is 0 Å². The first kappa shape index (κ1) is 13.6. The summed E-state index contributed by atoms with van der Waals surface area (Å²) in [6, 6.07) is 20.5. The number of fused-ring (bicyclic) bond motifs is 1. The van der Waals surface area contributed by atoms with Crippen LogP contribution >= 0.6 is 0 Å². The molecule has 3 aromatic rings. The molecule has 0 saturated carbocycles. The molecule has 0 unspecified atom stereocenters. The molecule has 2 aromatic carbocycles. The maximum Gasteiger partial charge on any atom is 0.214 e. The van der Waals surface area contributed by atoms with Crippen molar-refractivity contribution in [2.45, 2.75) is 0 Å². The van der Waals surface area contributed by atoms with Crippen LogP contribution in [0.25, 0.3) is 22.0 Å². The Kier molecular flexibility index (Phi) is 4.12. The van der Waals surface area contributed by atoms with E-state index in [-0.39, 0.29) is 0 Å². The molecule has 1 N–H and O–H groups in total. The monoisotopic (exact) mass is 278 g/mol. The highest BCUT2D eigenvalue weighted by Crippen LogP contribution is 2.29. The van der Waals surface area contributed by atoms with Gasteiger partial charge in [-0.1, -0.05) is 54.6 Å². The number of likely N-dealkylation sites (N-methyl/N-ethyl adjacent to an activating group) is 1. The third-order valence-electron chi connectivity index (χ3n) is 3.37. The van der Waals surface area contributed by atoms with E-state index in [4.69, 9.17) is 9.72 Å². The van der Waals surface area contributed by atoms with Crippen LogP contribution in [-0.4, -0.2) is 25.2 Å². The molecule has 0 fully saturated rings. The van der Waals surface area contributed by atoms with Crippen LogP contribution in [0.1, 0.15) is 0 Å². The van der Waals surface area contributed by atoms with Crippen molar-refractivity contribution in [1.82, 2.24) is 10.3 Å². The molecule has 0 amide bonds. The molecule has 0 aliphatic carbocycles. The number of ether oxygens (including phenoxy) is 1. The van der Waals surface area contributed by atoms with Crippen LogP contribution in [0.15, 0.2) is 60.7 Å². The zero-order valence-electron chi connectivity index (χ0n) is 12.0. The maximum absolute atomic E-state index is 5.74. The van der Waals surface area contributed by atoms with Gasteiger partial charge < -0.3 is 10.1 Å². The highest BCUT2D eigenvalue weighted by Gasteiger charge is 2.08. The smallest absolute Gasteiger partial charge is 0.214 e. The quantitative estimate of drug-likeness (QED) is 0.725. The third kappa shape index (κ3) is 3.03. The molecule has 1 aromatic heterocycles. The molecule has 0 aliphatic heterocycles. The predicted molar refractivity (Wildman–Crippen MR) is 86.6 cm³/mol. The van der Waals surface area contributed by atoms with Crippen LogP contribution in [0.2, 0.25) is 0 Å². The number of nitrogens with zero attached hydrogens (tertiary/aromatic N) is 1. The van der Waals surface area contributed by atoms with Gasteiger partial charge in [0, 0.05) is 23.6 Å². The van der Waals surface area contributed by atoms with Crippen molar-refractivity contribution in [3.8, 4) is 17.1 Å². The highest BCUT2D eigenvalue weighted by atomic mass is 16.5. The zero-order valence-corrected chi connectivity index (χ0v) is 12.0. The molecule has 106 valence electrons. The van der Waals surface area contributed by atoms with Crippen molar-refractivity contribution in [1.29, 1.82) is 0 Å². The van der Waals surface area contributed by atoms with E-state index < -0.39 is 0 Å². The molecular formula is C18H18N2O. The highest BCUT2D eigenvalue weighted by molar-refractivity contribution is 5.95. The Hall–Kier alpha value is -2.39. The molecule has 1 heterocycles. The van der Waals surface area contributed by atoms with Gasteiger partial charge in [-0.2, -0.15) is 0 Å². The predicted octanol–water partition coefficient (Wildman–Crippen LogP) is 3.50. The lowest BCUT2D eigenvalue weighted by molar-refractivity contribution is 0.307. The maximum atomic E-state index is 5.74. The average molecular weight is 278 g/mol. The Labute approximate surface area is 124 Å². The minimum absolute atomic E-state index is 0.607. The number of hydrogen-bond acceptors (Lipinski definition) is 3. The van der Waals surface area contributed by atoms with Gasteiger partial charge in [-0.3, -0.25) is 0 Å². The molecule has 0 saturated heterocycles. The number of benzene rings is 2. The van der Waals surface area contributed by atoms with Crippen molar-refractivity contribution >= 4 is 10.8 Å². The zero-order chi connectivity index (χ0) is 14.5. The number of hydrogen-bond donors (Lipinski definition) is 1. The van der Waals surface area contributed by atoms with Gasteiger partial charge in [0.25, 0.3) is 0 Å². The summed E-state index contributed by atoms with van der Waals surface area (Å²) < 4.78 is 5.74. The van der Waals surface area contributed by atoms with Gasteiger partial charge in [0.2, 0.25) is 5.88 Å². The average Bonchev–Trinajstić information content (AvgIpc) is 2.55. The summed E-state index contributed by atoms with van der Waals surface area (Å²) >= 11 is 0. The number of rotatable bonds is 5. The van der Waals surface area contributed by atoms with E-state index in [0.29, 0.717) is 12.5 Å². The SMILES string of the molecule is CNCCOc1cc2ccccc2c(-c2ccccc2)n1. The topological polar surface area (TPSA) is 34.1 Å². The van der Waals surface area contributed by atoms with Crippen LogP contribution < -0.4 is 10.1 Å². The van der Waals surface area contributed by atoms with Crippen molar-refractivity contribution in [2.24, 2.45) is 0 Å². The van der Waals surface area contributed by atoms with Crippen LogP contribution in [0.5, 0.6) is 5.88 Å². The molecule has 0 aliphatic rings. The minimum Gasteiger partial charge on any atom is -0.476 e. The largest absolute Gasteiger partial charge is 0.476 e. The van der Waals surface area contributed by atoms with Gasteiger partial charge in [-0.25, -0.2) is 4.98 Å². The van der Waals surface area contributed by atoms with E-state index in [9.17, 15) is 0 Å². The Balaban J connectivity index is 2.08. The summed E-state index contributed by atoms with van der Waals surface area (Å²) in [5.74, 6) is 0.669. The van der Waals surface area contributed by atoms with Gasteiger partial charge in [-0.15, -0.1) is 0 Å². The van der Waals surface area contributed by atoms with E-state index in [1.54, 1.807) is 0 Å². The number of aromatic nitrogens is 1. The van der Waals surface area contributed by atoms with Gasteiger partial charge in [0.1, 0.15) is 6.61 Å². The van der Waals surface area contributed by atoms with Crippen LogP contribution in [0, 0.1) is 0 Å². The van der Waals surface area contributed by atoms with Crippen molar-refractivity contribution in [3.63, 3.8) is 0 Å². The van der Waals surface area contributed by atoms with Gasteiger partial charge in [0.05, 0.1) is 5.69 Å². The van der Waals surface area contributed by atoms with Crippen LogP contribution in [0.4, 0.5) is 0 Å². The summed E-state index contributed by atoms with van der Waals surface area (Å²) in [6.45, 7) is 1.41. The van der Waals surface area contributed by atoms with Crippen molar-refractivity contribution < 1.29 is 4.74 Å². The first-order valence-corrected chi connectivity index (χ1v) is 7.11. The third-order valence-corrected chi connectivity index (χ3v) is 3.37. The number of nitrogens with one attached hydrogen (secondary N) is 1. The van der Waals surface area contributed by atoms with E-state index in [0.717, 1.165) is 28.6 Å². The molecule has 0 spiro atoms. The fraction of sp³-hybridized carbons (Fsp3) is 0.167. The lowest BCUT2D eigenvalue weighted by atomic mass is 10.0. The standard InChI is InChI=1S/C18H18N2O/c1-19-11-12-21-17-13-15-9-5-6-10-16(15)18(20-17)14-7-3-2-4-8-14/h2-10,13,19H,11-12H2,1H3. The lowest BCUT2D eigenvalue weighted by Crippen LogP contribution is -2.16. The second-order valence-corrected chi connectivity index (χ2v) is 4.85. The second kappa shape index (κ2) is 6.37. The molecule has 3 heteroatoms. The first-order chi connectivity index (χ1) is 10.4. The molecule has 0 bridgehead atoms. The van der Waals surface area contributed by atoms with E-state index >= 15 is 0 Å². The Bertz CT molecular complexity index is 726. The van der Waals surface area contributed by atoms with E-state index in [1.165, 1.54) is 0 Å². The fourth-order valence-corrected chi connectivity index (χ4v) is 2.32. The Morgan fingerprint density at radius 1 is 1.00 bits per heavy atom. The van der Waals surface area contributed by atoms with Gasteiger partial charge in [-0.05, 0) is 12.4 Å². The molecule has 0 atom stereocenters. The molecule has 21 heavy (non-hydrogen) atoms. The molecule has 3 rings (SSSR count). The second-order valence-electron chi connectivity index (χ2n) is 4.85. The normalized spacial score (nSPS) is 10.7. The van der Waals surface area contributed by atoms with Crippen molar-refractivity contribution in [2.75, 3.05) is 20.2 Å². The van der Waals surface area contributed by atoms with Gasteiger partial charge >= 0.3 is 0 Å². The molecule has 3 nitrogen and oxygen atoms in total. The van der Waals surface area contributed by atoms with E-state index in [2.05, 4.69) is 29.6 Å².